The van der Waals surface area contributed by atoms with E-state index in [1.807, 2.05) is 18.2 Å². The maximum absolute atomic E-state index is 13.0. The topological polar surface area (TPSA) is 78.9 Å². The van der Waals surface area contributed by atoms with Crippen molar-refractivity contribution < 1.29 is 19.4 Å². The van der Waals surface area contributed by atoms with Crippen molar-refractivity contribution in [1.82, 2.24) is 10.2 Å². The van der Waals surface area contributed by atoms with E-state index in [1.165, 1.54) is 25.3 Å². The van der Waals surface area contributed by atoms with E-state index in [0.717, 1.165) is 69.6 Å². The number of likely N-dealkylation sites (tertiary alicyclic amines) is 1. The molecule has 6 heteroatoms. The minimum absolute atomic E-state index is 0.0697. The summed E-state index contributed by atoms with van der Waals surface area (Å²) >= 11 is 0. The molecule has 1 heterocycles. The van der Waals surface area contributed by atoms with E-state index in [1.54, 1.807) is 6.07 Å². The lowest BCUT2D eigenvalue weighted by Crippen LogP contribution is -2.61. The number of phenolic OH excluding ortho intramolecular Hbond substituents is 1. The molecule has 3 aliphatic rings. The molecular weight excluding hydrogens is 488 g/mol. The van der Waals surface area contributed by atoms with E-state index < -0.39 is 0 Å². The highest BCUT2D eigenvalue weighted by molar-refractivity contribution is 5.76. The lowest BCUT2D eigenvalue weighted by atomic mass is 9.57. The van der Waals surface area contributed by atoms with Crippen LogP contribution in [0.25, 0.3) is 0 Å². The second kappa shape index (κ2) is 12.5. The van der Waals surface area contributed by atoms with Gasteiger partial charge in [0.2, 0.25) is 5.91 Å². The van der Waals surface area contributed by atoms with Gasteiger partial charge in [0.15, 0.2) is 0 Å². The van der Waals surface area contributed by atoms with Crippen LogP contribution in [0.4, 0.5) is 0 Å². The van der Waals surface area contributed by atoms with Gasteiger partial charge < -0.3 is 20.1 Å². The van der Waals surface area contributed by atoms with Gasteiger partial charge in [0.1, 0.15) is 11.9 Å². The molecule has 6 nitrogen and oxygen atoms in total. The van der Waals surface area contributed by atoms with Crippen molar-refractivity contribution in [2.24, 2.45) is 11.8 Å². The molecule has 2 aliphatic carbocycles. The second-order valence-electron chi connectivity index (χ2n) is 12.2. The maximum Gasteiger partial charge on any atom is 0.302 e. The Morgan fingerprint density at radius 2 is 1.90 bits per heavy atom. The van der Waals surface area contributed by atoms with Gasteiger partial charge in [-0.3, -0.25) is 9.59 Å². The summed E-state index contributed by atoms with van der Waals surface area (Å²) in [5.41, 5.74) is 2.18. The zero-order chi connectivity index (χ0) is 27.2. The zero-order valence-corrected chi connectivity index (χ0v) is 23.3. The number of aromatic hydroxyl groups is 1. The van der Waals surface area contributed by atoms with Crippen molar-refractivity contribution in [3.05, 3.63) is 65.7 Å². The SMILES string of the molecule is CC(=O)OC1C[C@H](NC(=O)CCCCCc2ccccc2)C[C@]2(c3cccc(O)c3)CCN(CC3CC3)C[C@@H]12. The molecule has 0 aromatic heterocycles. The number of hydrogen-bond donors (Lipinski definition) is 2. The number of piperidine rings is 1. The van der Waals surface area contributed by atoms with Gasteiger partial charge in [-0.2, -0.15) is 0 Å². The fourth-order valence-corrected chi connectivity index (χ4v) is 7.09. The quantitative estimate of drug-likeness (QED) is 0.300. The first-order valence-electron chi connectivity index (χ1n) is 14.9. The molecule has 1 amide bonds. The second-order valence-corrected chi connectivity index (χ2v) is 12.2. The number of nitrogens with one attached hydrogen (secondary N) is 1. The Labute approximate surface area is 233 Å². The summed E-state index contributed by atoms with van der Waals surface area (Å²) in [5, 5.41) is 13.7. The van der Waals surface area contributed by atoms with Crippen LogP contribution < -0.4 is 5.32 Å². The number of hydrogen-bond acceptors (Lipinski definition) is 5. The summed E-state index contributed by atoms with van der Waals surface area (Å²) in [6, 6.07) is 18.0. The van der Waals surface area contributed by atoms with Gasteiger partial charge in [-0.05, 0) is 80.7 Å². The Morgan fingerprint density at radius 1 is 1.08 bits per heavy atom. The van der Waals surface area contributed by atoms with Gasteiger partial charge >= 0.3 is 5.97 Å². The number of carbonyl (C=O) groups is 2. The molecule has 2 N–H and O–H groups in total. The molecule has 210 valence electrons. The van der Waals surface area contributed by atoms with Gasteiger partial charge in [0, 0.05) is 50.2 Å². The molecule has 39 heavy (non-hydrogen) atoms. The molecule has 4 atom stereocenters. The number of benzene rings is 2. The normalized spacial score (nSPS) is 26.9. The predicted octanol–water partition coefficient (Wildman–Crippen LogP) is 5.38. The highest BCUT2D eigenvalue weighted by atomic mass is 16.5. The fraction of sp³-hybridized carbons (Fsp3) is 0.576. The van der Waals surface area contributed by atoms with Crippen molar-refractivity contribution in [1.29, 1.82) is 0 Å². The van der Waals surface area contributed by atoms with Gasteiger partial charge in [-0.25, -0.2) is 0 Å². The molecule has 0 spiro atoms. The van der Waals surface area contributed by atoms with E-state index in [4.69, 9.17) is 4.74 Å². The average molecular weight is 533 g/mol. The average Bonchev–Trinajstić information content (AvgIpc) is 3.73. The highest BCUT2D eigenvalue weighted by Gasteiger charge is 2.54. The monoisotopic (exact) mass is 532 g/mol. The molecule has 0 radical (unpaired) electrons. The van der Waals surface area contributed by atoms with Crippen molar-refractivity contribution >= 4 is 11.9 Å². The number of ether oxygens (including phenoxy) is 1. The molecule has 1 saturated heterocycles. The molecule has 2 saturated carbocycles. The van der Waals surface area contributed by atoms with E-state index >= 15 is 0 Å². The van der Waals surface area contributed by atoms with E-state index in [9.17, 15) is 14.7 Å². The number of fused-ring (bicyclic) bond motifs is 1. The van der Waals surface area contributed by atoms with Crippen molar-refractivity contribution in [2.45, 2.75) is 88.7 Å². The van der Waals surface area contributed by atoms with E-state index in [0.29, 0.717) is 12.8 Å². The third-order valence-corrected chi connectivity index (χ3v) is 9.14. The van der Waals surface area contributed by atoms with E-state index in [-0.39, 0.29) is 41.1 Å². The van der Waals surface area contributed by atoms with Gasteiger partial charge in [-0.15, -0.1) is 0 Å². The Balaban J connectivity index is 1.26. The van der Waals surface area contributed by atoms with Crippen molar-refractivity contribution in [2.75, 3.05) is 19.6 Å². The Bertz CT molecular complexity index is 1120. The number of esters is 1. The molecular formula is C33H44N2O4. The van der Waals surface area contributed by atoms with Crippen LogP contribution in [0.5, 0.6) is 5.75 Å². The number of carbonyl (C=O) groups excluding carboxylic acids is 2. The smallest absolute Gasteiger partial charge is 0.302 e. The van der Waals surface area contributed by atoms with Crippen LogP contribution in [0.2, 0.25) is 0 Å². The number of nitrogens with zero attached hydrogens (tertiary/aromatic N) is 1. The van der Waals surface area contributed by atoms with Gasteiger partial charge in [-0.1, -0.05) is 48.9 Å². The predicted molar refractivity (Wildman–Crippen MR) is 152 cm³/mol. The number of aryl methyl sites for hydroxylation is 1. The highest BCUT2D eigenvalue weighted by Crippen LogP contribution is 2.51. The van der Waals surface area contributed by atoms with Crippen LogP contribution >= 0.6 is 0 Å². The molecule has 1 aliphatic heterocycles. The molecule has 0 bridgehead atoms. The minimum atomic E-state index is -0.269. The molecule has 2 aromatic carbocycles. The van der Waals surface area contributed by atoms with Crippen LogP contribution in [-0.2, 0) is 26.2 Å². The summed E-state index contributed by atoms with van der Waals surface area (Å²) in [7, 11) is 0. The molecule has 1 unspecified atom stereocenters. The summed E-state index contributed by atoms with van der Waals surface area (Å²) in [6.07, 6.45) is 9.26. The summed E-state index contributed by atoms with van der Waals surface area (Å²) in [6.45, 7) is 4.46. The lowest BCUT2D eigenvalue weighted by Gasteiger charge is -2.55. The van der Waals surface area contributed by atoms with Crippen LogP contribution in [0.3, 0.4) is 0 Å². The number of unbranched alkanes of at least 4 members (excludes halogenated alkanes) is 2. The number of rotatable bonds is 11. The molecule has 2 aromatic rings. The maximum atomic E-state index is 13.0. The van der Waals surface area contributed by atoms with Gasteiger partial charge in [0.05, 0.1) is 0 Å². The summed E-state index contributed by atoms with van der Waals surface area (Å²) < 4.78 is 5.99. The Kier molecular flexibility index (Phi) is 8.91. The molecule has 3 fully saturated rings. The largest absolute Gasteiger partial charge is 0.508 e. The fourth-order valence-electron chi connectivity index (χ4n) is 7.09. The first-order valence-corrected chi connectivity index (χ1v) is 14.9. The molecule has 5 rings (SSSR count). The van der Waals surface area contributed by atoms with E-state index in [2.05, 4.69) is 40.5 Å². The van der Waals surface area contributed by atoms with Crippen LogP contribution in [0.15, 0.2) is 54.6 Å². The number of phenols is 1. The van der Waals surface area contributed by atoms with Crippen LogP contribution in [0.1, 0.15) is 75.8 Å². The summed E-state index contributed by atoms with van der Waals surface area (Å²) in [4.78, 5) is 27.8. The van der Waals surface area contributed by atoms with Crippen LogP contribution in [0, 0.1) is 11.8 Å². The standard InChI is InChI=1S/C33H44N2O4/c1-24(36)39-31-20-28(34-32(38)14-7-3-6-11-25-9-4-2-5-10-25)21-33(27-12-8-13-29(37)19-27)17-18-35(23-30(31)33)22-26-15-16-26/h2,4-5,8-10,12-13,19,26,28,30-31,37H,3,6-7,11,14-18,20-23H2,1H3,(H,34,38)/t28-,30-,31?,33-/m0/s1. The Hall–Kier alpha value is -2.86. The van der Waals surface area contributed by atoms with Gasteiger partial charge in [0.25, 0.3) is 0 Å². The zero-order valence-electron chi connectivity index (χ0n) is 23.3. The third-order valence-electron chi connectivity index (χ3n) is 9.14. The third kappa shape index (κ3) is 7.21. The lowest BCUT2D eigenvalue weighted by molar-refractivity contribution is -0.157. The first kappa shape index (κ1) is 27.7. The van der Waals surface area contributed by atoms with Crippen molar-refractivity contribution in [3.63, 3.8) is 0 Å². The first-order chi connectivity index (χ1) is 18.9. The van der Waals surface area contributed by atoms with Crippen molar-refractivity contribution in [3.8, 4) is 5.75 Å². The van der Waals surface area contributed by atoms with Crippen LogP contribution in [-0.4, -0.2) is 53.7 Å². The Morgan fingerprint density at radius 3 is 2.64 bits per heavy atom. The minimum Gasteiger partial charge on any atom is -0.508 e. The number of amides is 1. The summed E-state index contributed by atoms with van der Waals surface area (Å²) in [5.74, 6) is 0.994.